The van der Waals surface area contributed by atoms with Gasteiger partial charge in [-0.15, -0.1) is 0 Å². The van der Waals surface area contributed by atoms with Gasteiger partial charge >= 0.3 is 0 Å². The van der Waals surface area contributed by atoms with Crippen LogP contribution >= 0.6 is 11.6 Å². The molecule has 0 aromatic heterocycles. The second kappa shape index (κ2) is 5.57. The van der Waals surface area contributed by atoms with Gasteiger partial charge in [-0.3, -0.25) is 0 Å². The molecular weight excluding hydrogens is 272 g/mol. The van der Waals surface area contributed by atoms with Crippen LogP contribution in [0.4, 0.5) is 0 Å². The highest BCUT2D eigenvalue weighted by atomic mass is 35.5. The zero-order valence-corrected chi connectivity index (χ0v) is 11.8. The van der Waals surface area contributed by atoms with Gasteiger partial charge in [-0.1, -0.05) is 17.7 Å². The van der Waals surface area contributed by atoms with Crippen molar-refractivity contribution in [3.63, 3.8) is 0 Å². The largest absolute Gasteiger partial charge is 0.315 e. The van der Waals surface area contributed by atoms with Crippen molar-refractivity contribution < 1.29 is 8.42 Å². The number of rotatable bonds is 3. The molecule has 100 valence electrons. The molecule has 1 aliphatic rings. The van der Waals surface area contributed by atoms with Gasteiger partial charge in [-0.25, -0.2) is 13.1 Å². The highest BCUT2D eigenvalue weighted by Crippen LogP contribution is 2.22. The van der Waals surface area contributed by atoms with Crippen molar-refractivity contribution in [2.45, 2.75) is 30.7 Å². The molecule has 0 amide bonds. The summed E-state index contributed by atoms with van der Waals surface area (Å²) in [5, 5.41) is 3.44. The molecule has 1 fully saturated rings. The molecule has 0 saturated carbocycles. The maximum absolute atomic E-state index is 12.2. The molecule has 2 rings (SSSR count). The third kappa shape index (κ3) is 3.23. The van der Waals surface area contributed by atoms with Gasteiger partial charge in [-0.05, 0) is 44.0 Å². The smallest absolute Gasteiger partial charge is 0.242 e. The van der Waals surface area contributed by atoms with Crippen LogP contribution in [0.25, 0.3) is 0 Å². The fourth-order valence-electron chi connectivity index (χ4n) is 2.06. The number of aryl methyl sites for hydroxylation is 1. The Morgan fingerprint density at radius 2 is 2.22 bits per heavy atom. The molecule has 6 heteroatoms. The molecule has 2 N–H and O–H groups in total. The van der Waals surface area contributed by atoms with Crippen molar-refractivity contribution >= 4 is 21.6 Å². The summed E-state index contributed by atoms with van der Waals surface area (Å²) in [5.74, 6) is 0. The van der Waals surface area contributed by atoms with E-state index < -0.39 is 10.0 Å². The van der Waals surface area contributed by atoms with Crippen molar-refractivity contribution in [2.75, 3.05) is 13.1 Å². The third-order valence-electron chi connectivity index (χ3n) is 3.00. The summed E-state index contributed by atoms with van der Waals surface area (Å²) in [6.45, 7) is 3.49. The second-order valence-corrected chi connectivity index (χ2v) is 6.69. The van der Waals surface area contributed by atoms with Crippen LogP contribution in [0.3, 0.4) is 0 Å². The summed E-state index contributed by atoms with van der Waals surface area (Å²) in [4.78, 5) is 0.153. The quantitative estimate of drug-likeness (QED) is 0.890. The first-order valence-corrected chi connectivity index (χ1v) is 7.84. The average Bonchev–Trinajstić information content (AvgIpc) is 2.29. The molecular formula is C12H17ClN2O2S. The van der Waals surface area contributed by atoms with Crippen molar-refractivity contribution in [3.8, 4) is 0 Å². The number of hydrogen-bond donors (Lipinski definition) is 2. The third-order valence-corrected chi connectivity index (χ3v) is 5.00. The van der Waals surface area contributed by atoms with Crippen molar-refractivity contribution in [1.82, 2.24) is 10.0 Å². The monoisotopic (exact) mass is 288 g/mol. The topological polar surface area (TPSA) is 58.2 Å². The molecule has 4 nitrogen and oxygen atoms in total. The Balaban J connectivity index is 2.19. The first-order chi connectivity index (χ1) is 8.49. The Morgan fingerprint density at radius 3 is 2.83 bits per heavy atom. The number of hydrogen-bond acceptors (Lipinski definition) is 3. The highest BCUT2D eigenvalue weighted by Gasteiger charge is 2.23. The number of nitrogens with one attached hydrogen (secondary N) is 2. The van der Waals surface area contributed by atoms with E-state index in [0.717, 1.165) is 24.9 Å². The van der Waals surface area contributed by atoms with E-state index in [1.807, 2.05) is 6.92 Å². The molecule has 1 aromatic carbocycles. The van der Waals surface area contributed by atoms with E-state index in [-0.39, 0.29) is 16.0 Å². The van der Waals surface area contributed by atoms with Crippen LogP contribution in [0.2, 0.25) is 5.02 Å². The average molecular weight is 289 g/mol. The lowest BCUT2D eigenvalue weighted by atomic mass is 10.1. The van der Waals surface area contributed by atoms with Crippen LogP contribution < -0.4 is 10.0 Å². The van der Waals surface area contributed by atoms with E-state index in [2.05, 4.69) is 10.0 Å². The minimum atomic E-state index is -3.53. The van der Waals surface area contributed by atoms with E-state index in [4.69, 9.17) is 11.6 Å². The van der Waals surface area contributed by atoms with Crippen molar-refractivity contribution in [3.05, 3.63) is 28.8 Å². The highest BCUT2D eigenvalue weighted by molar-refractivity contribution is 7.89. The minimum absolute atomic E-state index is 0.0545. The second-order valence-electron chi connectivity index (χ2n) is 4.60. The molecule has 0 radical (unpaired) electrons. The Hall–Kier alpha value is -0.620. The molecule has 0 bridgehead atoms. The van der Waals surface area contributed by atoms with Crippen LogP contribution in [0.1, 0.15) is 18.4 Å². The lowest BCUT2D eigenvalue weighted by Gasteiger charge is -2.23. The minimum Gasteiger partial charge on any atom is -0.315 e. The molecule has 1 aromatic rings. The maximum atomic E-state index is 12.2. The number of sulfonamides is 1. The van der Waals surface area contributed by atoms with Gasteiger partial charge in [0.15, 0.2) is 0 Å². The lowest BCUT2D eigenvalue weighted by Crippen LogP contribution is -2.45. The number of benzene rings is 1. The first kappa shape index (κ1) is 13.8. The predicted octanol–water partition coefficient (Wildman–Crippen LogP) is 1.68. The van der Waals surface area contributed by atoms with E-state index >= 15 is 0 Å². The van der Waals surface area contributed by atoms with Crippen LogP contribution in [0, 0.1) is 6.92 Å². The Bertz CT molecular complexity index is 525. The molecule has 1 aliphatic heterocycles. The van der Waals surface area contributed by atoms with Gasteiger partial charge in [0, 0.05) is 12.6 Å². The summed E-state index contributed by atoms with van der Waals surface area (Å²) in [7, 11) is -3.53. The van der Waals surface area contributed by atoms with Gasteiger partial charge in [0.25, 0.3) is 0 Å². The molecule has 18 heavy (non-hydrogen) atoms. The van der Waals surface area contributed by atoms with Crippen LogP contribution in [-0.4, -0.2) is 27.5 Å². The van der Waals surface area contributed by atoms with Gasteiger partial charge < -0.3 is 5.32 Å². The number of halogens is 1. The van der Waals surface area contributed by atoms with Crippen molar-refractivity contribution in [1.29, 1.82) is 0 Å². The summed E-state index contributed by atoms with van der Waals surface area (Å²) in [6, 6.07) is 4.91. The van der Waals surface area contributed by atoms with Gasteiger partial charge in [-0.2, -0.15) is 0 Å². The molecule has 1 saturated heterocycles. The zero-order valence-electron chi connectivity index (χ0n) is 10.2. The predicted molar refractivity (Wildman–Crippen MR) is 72.4 cm³/mol. The Morgan fingerprint density at radius 1 is 1.44 bits per heavy atom. The fraction of sp³-hybridized carbons (Fsp3) is 0.500. The SMILES string of the molecule is Cc1ccc(S(=O)(=O)N[C@@H]2CCCNC2)c(Cl)c1. The molecule has 1 atom stereocenters. The zero-order chi connectivity index (χ0) is 13.2. The van der Waals surface area contributed by atoms with E-state index in [1.165, 1.54) is 0 Å². The molecule has 1 heterocycles. The van der Waals surface area contributed by atoms with Gasteiger partial charge in [0.1, 0.15) is 4.90 Å². The molecule has 0 unspecified atom stereocenters. The van der Waals surface area contributed by atoms with Gasteiger partial charge in [0.05, 0.1) is 5.02 Å². The standard InChI is InChI=1S/C12H17ClN2O2S/c1-9-4-5-12(11(13)7-9)18(16,17)15-10-3-2-6-14-8-10/h4-5,7,10,14-15H,2-3,6,8H2,1H3/t10-/m1/s1. The normalized spacial score (nSPS) is 20.9. The van der Waals surface area contributed by atoms with Crippen LogP contribution in [-0.2, 0) is 10.0 Å². The number of piperidine rings is 1. The summed E-state index contributed by atoms with van der Waals surface area (Å²) in [6.07, 6.45) is 1.84. The summed E-state index contributed by atoms with van der Waals surface area (Å²) < 4.78 is 27.1. The summed E-state index contributed by atoms with van der Waals surface area (Å²) in [5.41, 5.74) is 0.943. The fourth-order valence-corrected chi connectivity index (χ4v) is 3.93. The Kier molecular flexibility index (Phi) is 4.27. The maximum Gasteiger partial charge on any atom is 0.242 e. The summed E-state index contributed by atoms with van der Waals surface area (Å²) >= 11 is 6.00. The molecule has 0 aliphatic carbocycles. The Labute approximate surface area is 113 Å². The first-order valence-electron chi connectivity index (χ1n) is 5.98. The van der Waals surface area contributed by atoms with E-state index in [1.54, 1.807) is 18.2 Å². The van der Waals surface area contributed by atoms with E-state index in [9.17, 15) is 8.42 Å². The van der Waals surface area contributed by atoms with E-state index in [0.29, 0.717) is 6.54 Å². The van der Waals surface area contributed by atoms with Crippen LogP contribution in [0.5, 0.6) is 0 Å². The van der Waals surface area contributed by atoms with Crippen LogP contribution in [0.15, 0.2) is 23.1 Å². The van der Waals surface area contributed by atoms with Crippen molar-refractivity contribution in [2.24, 2.45) is 0 Å². The lowest BCUT2D eigenvalue weighted by molar-refractivity contribution is 0.428. The van der Waals surface area contributed by atoms with Gasteiger partial charge in [0.2, 0.25) is 10.0 Å². The molecule has 0 spiro atoms.